The Labute approximate surface area is 257 Å². The number of ether oxygens (including phenoxy) is 2. The summed E-state index contributed by atoms with van der Waals surface area (Å²) in [4.78, 5) is 25.0. The van der Waals surface area contributed by atoms with Crippen LogP contribution in [0.2, 0.25) is 0 Å². The number of hydrogen-bond donors (Lipinski definition) is 1. The maximum absolute atomic E-state index is 15.7. The zero-order valence-electron chi connectivity index (χ0n) is 24.1. The summed E-state index contributed by atoms with van der Waals surface area (Å²) >= 11 is 0. The van der Waals surface area contributed by atoms with Gasteiger partial charge in [0.25, 0.3) is 10.0 Å². The highest BCUT2D eigenvalue weighted by Crippen LogP contribution is 2.43. The third-order valence-electron chi connectivity index (χ3n) is 7.98. The number of aliphatic carboxylic acids is 1. The number of fused-ring (bicyclic) bond motifs is 1. The normalized spacial score (nSPS) is 17.4. The average Bonchev–Trinajstić information content (AvgIpc) is 3.03. The highest BCUT2D eigenvalue weighted by molar-refractivity contribution is 7.92. The molecule has 3 aromatic carbocycles. The molecule has 2 aliphatic heterocycles. The fraction of sp³-hybridized carbons (Fsp3) is 0.355. The van der Waals surface area contributed by atoms with Gasteiger partial charge in [0, 0.05) is 19.5 Å². The summed E-state index contributed by atoms with van der Waals surface area (Å²) in [5, 5.41) is 9.21. The van der Waals surface area contributed by atoms with Crippen molar-refractivity contribution in [2.75, 3.05) is 31.0 Å². The van der Waals surface area contributed by atoms with Crippen molar-refractivity contribution in [1.82, 2.24) is 4.90 Å². The third-order valence-corrected chi connectivity index (χ3v) is 9.75. The summed E-state index contributed by atoms with van der Waals surface area (Å²) in [5.74, 6) is -2.60. The molecule has 0 radical (unpaired) electrons. The number of carboxylic acids is 1. The van der Waals surface area contributed by atoms with Gasteiger partial charge in [-0.2, -0.15) is 13.2 Å². The minimum atomic E-state index is -4.80. The molecule has 0 aromatic heterocycles. The molecule has 0 spiro atoms. The van der Waals surface area contributed by atoms with Crippen LogP contribution in [0.25, 0.3) is 11.1 Å². The number of rotatable bonds is 8. The number of anilines is 1. The minimum absolute atomic E-state index is 0.0250. The SMILES string of the molecule is COc1cccc(-c2cc(F)c3c(c2)N(S(=O)(=O)c2cccc(C(F)(F)F)c2)C[C@H](CCC(=O)N2CCC(C(=O)O)CC2)O3)c1. The maximum Gasteiger partial charge on any atom is 0.416 e. The predicted molar refractivity (Wildman–Crippen MR) is 155 cm³/mol. The van der Waals surface area contributed by atoms with Gasteiger partial charge in [-0.1, -0.05) is 18.2 Å². The summed E-state index contributed by atoms with van der Waals surface area (Å²) in [6, 6.07) is 12.4. The fourth-order valence-corrected chi connectivity index (χ4v) is 7.03. The van der Waals surface area contributed by atoms with Crippen LogP contribution in [0.3, 0.4) is 0 Å². The van der Waals surface area contributed by atoms with E-state index < -0.39 is 62.8 Å². The van der Waals surface area contributed by atoms with Crippen LogP contribution in [0.5, 0.6) is 11.5 Å². The highest BCUT2D eigenvalue weighted by Gasteiger charge is 2.39. The molecule has 1 atom stereocenters. The first kappa shape index (κ1) is 32.1. The molecule has 14 heteroatoms. The number of carbonyl (C=O) groups is 2. The van der Waals surface area contributed by atoms with Gasteiger partial charge in [0.2, 0.25) is 5.91 Å². The molecule has 0 unspecified atom stereocenters. The van der Waals surface area contributed by atoms with Crippen molar-refractivity contribution in [1.29, 1.82) is 0 Å². The van der Waals surface area contributed by atoms with E-state index in [1.807, 2.05) is 0 Å². The zero-order valence-corrected chi connectivity index (χ0v) is 24.9. The van der Waals surface area contributed by atoms with Gasteiger partial charge in [0.05, 0.1) is 35.7 Å². The Kier molecular flexibility index (Phi) is 8.97. The zero-order chi connectivity index (χ0) is 32.5. The largest absolute Gasteiger partial charge is 0.497 e. The number of carbonyl (C=O) groups excluding carboxylic acids is 1. The molecule has 1 fully saturated rings. The Morgan fingerprint density at radius 2 is 1.73 bits per heavy atom. The lowest BCUT2D eigenvalue weighted by molar-refractivity contribution is -0.145. The van der Waals surface area contributed by atoms with Crippen molar-refractivity contribution in [3.63, 3.8) is 0 Å². The topological polar surface area (TPSA) is 113 Å². The second-order valence-electron chi connectivity index (χ2n) is 10.9. The summed E-state index contributed by atoms with van der Waals surface area (Å²) in [7, 11) is -3.23. The quantitative estimate of drug-likeness (QED) is 0.317. The first-order chi connectivity index (χ1) is 21.3. The molecule has 0 saturated carbocycles. The Balaban J connectivity index is 1.48. The standard InChI is InChI=1S/C31H30F4N2O7S/c1-43-23-6-2-4-20(14-23)21-15-26(32)29-27(16-21)37(45(41,42)25-7-3-5-22(17-25)31(33,34)35)18-24(44-29)8-9-28(38)36-12-10-19(11-13-36)30(39)40/h2-7,14-17,19,24H,8-13,18H2,1H3,(H,39,40)/t24-/m0/s1. The van der Waals surface area contributed by atoms with Gasteiger partial charge in [-0.3, -0.25) is 13.9 Å². The second kappa shape index (κ2) is 12.6. The van der Waals surface area contributed by atoms with Crippen molar-refractivity contribution in [3.8, 4) is 22.6 Å². The Hall–Kier alpha value is -4.33. The molecular weight excluding hydrogens is 620 g/mol. The van der Waals surface area contributed by atoms with E-state index in [1.54, 1.807) is 24.3 Å². The van der Waals surface area contributed by atoms with Crippen LogP contribution in [0, 0.1) is 11.7 Å². The van der Waals surface area contributed by atoms with Crippen LogP contribution >= 0.6 is 0 Å². The molecule has 1 N–H and O–H groups in total. The number of benzene rings is 3. The molecule has 1 amide bonds. The van der Waals surface area contributed by atoms with E-state index >= 15 is 4.39 Å². The van der Waals surface area contributed by atoms with Crippen LogP contribution in [0.4, 0.5) is 23.2 Å². The molecule has 0 aliphatic carbocycles. The number of sulfonamides is 1. The van der Waals surface area contributed by atoms with Crippen LogP contribution in [-0.4, -0.2) is 63.1 Å². The third kappa shape index (κ3) is 6.85. The molecule has 1 saturated heterocycles. The Morgan fingerprint density at radius 1 is 1.02 bits per heavy atom. The number of methoxy groups -OCH3 is 1. The molecule has 3 aromatic rings. The number of piperidine rings is 1. The van der Waals surface area contributed by atoms with Gasteiger partial charge in [0.15, 0.2) is 11.6 Å². The van der Waals surface area contributed by atoms with E-state index in [4.69, 9.17) is 9.47 Å². The molecule has 240 valence electrons. The summed E-state index contributed by atoms with van der Waals surface area (Å²) < 4.78 is 96.0. The molecule has 2 aliphatic rings. The van der Waals surface area contributed by atoms with Crippen molar-refractivity contribution >= 4 is 27.6 Å². The van der Waals surface area contributed by atoms with E-state index in [0.29, 0.717) is 30.2 Å². The average molecular weight is 651 g/mol. The maximum atomic E-state index is 15.7. The van der Waals surface area contributed by atoms with Gasteiger partial charge >= 0.3 is 12.1 Å². The smallest absolute Gasteiger partial charge is 0.416 e. The monoisotopic (exact) mass is 650 g/mol. The van der Waals surface area contributed by atoms with Crippen molar-refractivity contribution in [2.24, 2.45) is 5.92 Å². The summed E-state index contributed by atoms with van der Waals surface area (Å²) in [6.45, 7) is 0.102. The number of hydrogen-bond acceptors (Lipinski definition) is 6. The van der Waals surface area contributed by atoms with E-state index in [1.165, 1.54) is 18.1 Å². The van der Waals surface area contributed by atoms with Crippen molar-refractivity contribution in [2.45, 2.75) is 42.9 Å². The Morgan fingerprint density at radius 3 is 2.40 bits per heavy atom. The highest BCUT2D eigenvalue weighted by atomic mass is 32.2. The lowest BCUT2D eigenvalue weighted by Crippen LogP contribution is -2.45. The number of halogens is 4. The number of alkyl halides is 3. The molecule has 2 heterocycles. The van der Waals surface area contributed by atoms with Gasteiger partial charge in [-0.05, 0) is 72.9 Å². The molecule has 45 heavy (non-hydrogen) atoms. The van der Waals surface area contributed by atoms with Crippen LogP contribution in [0.15, 0.2) is 65.6 Å². The number of carboxylic acid groups (broad SMARTS) is 1. The first-order valence-electron chi connectivity index (χ1n) is 14.1. The molecule has 5 rings (SSSR count). The minimum Gasteiger partial charge on any atom is -0.497 e. The van der Waals surface area contributed by atoms with Gasteiger partial charge in [-0.25, -0.2) is 12.8 Å². The lowest BCUT2D eigenvalue weighted by atomic mass is 9.97. The van der Waals surface area contributed by atoms with Crippen molar-refractivity contribution < 1.29 is 50.1 Å². The molecule has 0 bridgehead atoms. The predicted octanol–water partition coefficient (Wildman–Crippen LogP) is 5.58. The second-order valence-corrected chi connectivity index (χ2v) is 12.7. The summed E-state index contributed by atoms with van der Waals surface area (Å²) in [5.41, 5.74) is -0.603. The molecular formula is C31H30F4N2O7S. The molecule has 9 nitrogen and oxygen atoms in total. The number of nitrogens with zero attached hydrogens (tertiary/aromatic N) is 2. The number of likely N-dealkylation sites (tertiary alicyclic amines) is 1. The Bertz CT molecular complexity index is 1710. The van der Waals surface area contributed by atoms with Gasteiger partial charge < -0.3 is 19.5 Å². The van der Waals surface area contributed by atoms with E-state index in [9.17, 15) is 36.3 Å². The van der Waals surface area contributed by atoms with Crippen LogP contribution in [0.1, 0.15) is 31.2 Å². The van der Waals surface area contributed by atoms with E-state index in [0.717, 1.165) is 28.6 Å². The lowest BCUT2D eigenvalue weighted by Gasteiger charge is -2.36. The van der Waals surface area contributed by atoms with E-state index in [2.05, 4.69) is 0 Å². The number of amides is 1. The van der Waals surface area contributed by atoms with Gasteiger partial charge in [0.1, 0.15) is 11.9 Å². The van der Waals surface area contributed by atoms with Gasteiger partial charge in [-0.15, -0.1) is 0 Å². The fourth-order valence-electron chi connectivity index (χ4n) is 5.49. The summed E-state index contributed by atoms with van der Waals surface area (Å²) in [6.07, 6.45) is -5.34. The van der Waals surface area contributed by atoms with E-state index in [-0.39, 0.29) is 43.1 Å². The first-order valence-corrected chi connectivity index (χ1v) is 15.6. The van der Waals surface area contributed by atoms with Crippen molar-refractivity contribution in [3.05, 3.63) is 72.0 Å². The van der Waals surface area contributed by atoms with Crippen LogP contribution in [-0.2, 0) is 25.8 Å². The van der Waals surface area contributed by atoms with Crippen LogP contribution < -0.4 is 13.8 Å².